The fraction of sp³-hybridized carbons (Fsp3) is 0.444. The highest BCUT2D eigenvalue weighted by Crippen LogP contribution is 2.44. The predicted molar refractivity (Wildman–Crippen MR) is 128 cm³/mol. The number of nitrogens with one attached hydrogen (secondary N) is 2. The number of amides is 2. The molecule has 2 aromatic rings. The number of alkyl carbamates (subject to hydrolysis) is 1. The Hall–Kier alpha value is -3.35. The first-order chi connectivity index (χ1) is 16.3. The van der Waals surface area contributed by atoms with Crippen molar-refractivity contribution in [1.82, 2.24) is 10.6 Å². The van der Waals surface area contributed by atoms with Crippen LogP contribution in [0, 0.1) is 5.41 Å². The van der Waals surface area contributed by atoms with Gasteiger partial charge in [0.1, 0.15) is 6.61 Å². The molecule has 0 aliphatic heterocycles. The van der Waals surface area contributed by atoms with Crippen molar-refractivity contribution >= 4 is 18.0 Å². The lowest BCUT2D eigenvalue weighted by atomic mass is 9.71. The third-order valence-corrected chi connectivity index (χ3v) is 7.23. The molecule has 34 heavy (non-hydrogen) atoms. The van der Waals surface area contributed by atoms with Crippen LogP contribution < -0.4 is 10.6 Å². The molecule has 7 heteroatoms. The molecule has 0 saturated heterocycles. The number of carbonyl (C=O) groups is 3. The molecule has 0 bridgehead atoms. The van der Waals surface area contributed by atoms with Gasteiger partial charge in [0.2, 0.25) is 5.91 Å². The van der Waals surface area contributed by atoms with Gasteiger partial charge in [-0.1, -0.05) is 61.4 Å². The van der Waals surface area contributed by atoms with Crippen LogP contribution in [0.4, 0.5) is 4.79 Å². The second-order valence-electron chi connectivity index (χ2n) is 9.66. The summed E-state index contributed by atoms with van der Waals surface area (Å²) in [4.78, 5) is 36.8. The summed E-state index contributed by atoms with van der Waals surface area (Å²) in [6.07, 6.45) is 2.39. The van der Waals surface area contributed by atoms with Gasteiger partial charge in [-0.3, -0.25) is 9.59 Å². The van der Waals surface area contributed by atoms with Crippen molar-refractivity contribution in [3.8, 4) is 11.1 Å². The predicted octanol–water partition coefficient (Wildman–Crippen LogP) is 4.45. The standard InChI is InChI=1S/C27H32N2O5/c1-17(15-24(30)29-23-13-7-8-14-27(23,2)25(31)32)28-26(33)34-16-22-20-11-5-3-9-18(20)19-10-4-6-12-21(19)22/h3-6,9-12,17,22-23H,7-8,13-16H2,1-2H3,(H,28,33)(H,29,30)(H,31,32). The molecule has 0 heterocycles. The van der Waals surface area contributed by atoms with Crippen LogP contribution in [0.3, 0.4) is 0 Å². The van der Waals surface area contributed by atoms with Crippen molar-refractivity contribution < 1.29 is 24.2 Å². The Morgan fingerprint density at radius 2 is 1.68 bits per heavy atom. The molecule has 2 aliphatic carbocycles. The number of carboxylic acid groups (broad SMARTS) is 1. The van der Waals surface area contributed by atoms with Crippen LogP contribution in [0.1, 0.15) is 63.0 Å². The van der Waals surface area contributed by atoms with Crippen molar-refractivity contribution in [1.29, 1.82) is 0 Å². The summed E-state index contributed by atoms with van der Waals surface area (Å²) >= 11 is 0. The van der Waals surface area contributed by atoms with E-state index in [4.69, 9.17) is 4.74 Å². The number of benzene rings is 2. The van der Waals surface area contributed by atoms with Crippen LogP contribution in [0.5, 0.6) is 0 Å². The number of carbonyl (C=O) groups excluding carboxylic acids is 2. The first-order valence-electron chi connectivity index (χ1n) is 11.9. The van der Waals surface area contributed by atoms with Gasteiger partial charge >= 0.3 is 12.1 Å². The molecule has 2 aromatic carbocycles. The molecule has 2 amide bonds. The summed E-state index contributed by atoms with van der Waals surface area (Å²) in [7, 11) is 0. The number of hydrogen-bond acceptors (Lipinski definition) is 4. The number of carboxylic acids is 1. The largest absolute Gasteiger partial charge is 0.481 e. The van der Waals surface area contributed by atoms with Gasteiger partial charge in [-0.2, -0.15) is 0 Å². The average molecular weight is 465 g/mol. The van der Waals surface area contributed by atoms with E-state index in [-0.39, 0.29) is 24.9 Å². The van der Waals surface area contributed by atoms with Gasteiger partial charge in [0.25, 0.3) is 0 Å². The number of fused-ring (bicyclic) bond motifs is 3. The summed E-state index contributed by atoms with van der Waals surface area (Å²) in [6, 6.07) is 15.4. The Morgan fingerprint density at radius 3 is 2.29 bits per heavy atom. The zero-order valence-electron chi connectivity index (χ0n) is 19.7. The van der Waals surface area contributed by atoms with E-state index in [1.807, 2.05) is 24.3 Å². The second kappa shape index (κ2) is 9.87. The van der Waals surface area contributed by atoms with E-state index in [2.05, 4.69) is 34.9 Å². The lowest BCUT2D eigenvalue weighted by molar-refractivity contribution is -0.152. The maximum absolute atomic E-state index is 12.6. The molecule has 0 spiro atoms. The van der Waals surface area contributed by atoms with Crippen LogP contribution in [0.25, 0.3) is 11.1 Å². The van der Waals surface area contributed by atoms with Crippen molar-refractivity contribution in [3.63, 3.8) is 0 Å². The smallest absolute Gasteiger partial charge is 0.407 e. The second-order valence-corrected chi connectivity index (χ2v) is 9.66. The Labute approximate surface area is 199 Å². The molecule has 0 radical (unpaired) electrons. The maximum Gasteiger partial charge on any atom is 0.407 e. The van der Waals surface area contributed by atoms with Crippen LogP contribution in [0.15, 0.2) is 48.5 Å². The first kappa shape index (κ1) is 23.8. The normalized spacial score (nSPS) is 22.2. The van der Waals surface area contributed by atoms with Crippen LogP contribution in [0.2, 0.25) is 0 Å². The first-order valence-corrected chi connectivity index (χ1v) is 11.9. The SMILES string of the molecule is CC(CC(=O)NC1CCCCC1(C)C(=O)O)NC(=O)OCC1c2ccccc2-c2ccccc21. The molecule has 0 aromatic heterocycles. The van der Waals surface area contributed by atoms with E-state index < -0.39 is 29.6 Å². The topological polar surface area (TPSA) is 105 Å². The number of rotatable bonds is 7. The van der Waals surface area contributed by atoms with Gasteiger partial charge in [-0.05, 0) is 48.9 Å². The zero-order valence-corrected chi connectivity index (χ0v) is 19.7. The van der Waals surface area contributed by atoms with Gasteiger partial charge in [0, 0.05) is 24.4 Å². The molecular weight excluding hydrogens is 432 g/mol. The fourth-order valence-electron chi connectivity index (χ4n) is 5.24. The summed E-state index contributed by atoms with van der Waals surface area (Å²) in [5.41, 5.74) is 3.63. The van der Waals surface area contributed by atoms with E-state index in [1.165, 1.54) is 0 Å². The minimum atomic E-state index is -0.961. The molecular formula is C27H32N2O5. The highest BCUT2D eigenvalue weighted by molar-refractivity contribution is 5.81. The minimum Gasteiger partial charge on any atom is -0.481 e. The summed E-state index contributed by atoms with van der Waals surface area (Å²) < 4.78 is 5.55. The van der Waals surface area contributed by atoms with Crippen molar-refractivity contribution in [2.24, 2.45) is 5.41 Å². The summed E-state index contributed by atoms with van der Waals surface area (Å²) in [6.45, 7) is 3.63. The van der Waals surface area contributed by atoms with Gasteiger partial charge in [-0.25, -0.2) is 4.79 Å². The highest BCUT2D eigenvalue weighted by atomic mass is 16.5. The summed E-state index contributed by atoms with van der Waals surface area (Å²) in [5.74, 6) is -1.19. The molecule has 3 atom stereocenters. The molecule has 1 fully saturated rings. The van der Waals surface area contributed by atoms with Crippen molar-refractivity contribution in [2.45, 2.75) is 64.0 Å². The highest BCUT2D eigenvalue weighted by Gasteiger charge is 2.43. The van der Waals surface area contributed by atoms with E-state index in [9.17, 15) is 19.5 Å². The molecule has 3 N–H and O–H groups in total. The lowest BCUT2D eigenvalue weighted by Crippen LogP contribution is -2.53. The van der Waals surface area contributed by atoms with Crippen LogP contribution in [-0.4, -0.2) is 41.8 Å². The van der Waals surface area contributed by atoms with Crippen LogP contribution >= 0.6 is 0 Å². The molecule has 7 nitrogen and oxygen atoms in total. The van der Waals surface area contributed by atoms with Gasteiger partial charge in [-0.15, -0.1) is 0 Å². The zero-order chi connectivity index (χ0) is 24.3. The Kier molecular flexibility index (Phi) is 6.91. The number of hydrogen-bond donors (Lipinski definition) is 3. The fourth-order valence-corrected chi connectivity index (χ4v) is 5.24. The van der Waals surface area contributed by atoms with E-state index in [0.717, 1.165) is 35.1 Å². The summed E-state index contributed by atoms with van der Waals surface area (Å²) in [5, 5.41) is 15.2. The molecule has 2 aliphatic rings. The molecule has 180 valence electrons. The van der Waals surface area contributed by atoms with Crippen LogP contribution in [-0.2, 0) is 14.3 Å². The van der Waals surface area contributed by atoms with Gasteiger partial charge in [0.05, 0.1) is 5.41 Å². The van der Waals surface area contributed by atoms with Crippen molar-refractivity contribution in [3.05, 3.63) is 59.7 Å². The Balaban J connectivity index is 1.29. The monoisotopic (exact) mass is 464 g/mol. The quantitative estimate of drug-likeness (QED) is 0.561. The Morgan fingerprint density at radius 1 is 1.06 bits per heavy atom. The molecule has 4 rings (SSSR count). The third-order valence-electron chi connectivity index (χ3n) is 7.23. The van der Waals surface area contributed by atoms with E-state index in [0.29, 0.717) is 12.8 Å². The average Bonchev–Trinajstić information content (AvgIpc) is 3.13. The van der Waals surface area contributed by atoms with Crippen molar-refractivity contribution in [2.75, 3.05) is 6.61 Å². The molecule has 3 unspecified atom stereocenters. The Bertz CT molecular complexity index is 1040. The minimum absolute atomic E-state index is 0.0308. The van der Waals surface area contributed by atoms with Gasteiger partial charge < -0.3 is 20.5 Å². The number of ether oxygens (including phenoxy) is 1. The van der Waals surface area contributed by atoms with E-state index >= 15 is 0 Å². The van der Waals surface area contributed by atoms with E-state index in [1.54, 1.807) is 13.8 Å². The maximum atomic E-state index is 12.6. The molecule has 1 saturated carbocycles. The number of aliphatic carboxylic acids is 1. The van der Waals surface area contributed by atoms with Gasteiger partial charge in [0.15, 0.2) is 0 Å². The third kappa shape index (κ3) is 4.79. The lowest BCUT2D eigenvalue weighted by Gasteiger charge is -2.38.